The van der Waals surface area contributed by atoms with E-state index in [1.165, 1.54) is 12.1 Å². The van der Waals surface area contributed by atoms with Crippen molar-refractivity contribution in [2.24, 2.45) is 0 Å². The number of nitrogen functional groups attached to an aromatic ring is 1. The molecule has 0 spiro atoms. The van der Waals surface area contributed by atoms with Gasteiger partial charge in [0.25, 0.3) is 0 Å². The molecule has 0 fully saturated rings. The van der Waals surface area contributed by atoms with Crippen LogP contribution in [0.15, 0.2) is 30.5 Å². The van der Waals surface area contributed by atoms with Gasteiger partial charge in [-0.25, -0.2) is 4.39 Å². The van der Waals surface area contributed by atoms with E-state index in [1.807, 2.05) is 6.07 Å². The highest BCUT2D eigenvalue weighted by Crippen LogP contribution is 2.12. The topological polar surface area (TPSA) is 66.7 Å². The highest BCUT2D eigenvalue weighted by Gasteiger charge is 2.00. The summed E-state index contributed by atoms with van der Waals surface area (Å²) in [5, 5.41) is 9.54. The summed E-state index contributed by atoms with van der Waals surface area (Å²) in [5.74, 6) is 0.305. The summed E-state index contributed by atoms with van der Waals surface area (Å²) in [6.45, 7) is 0.688. The zero-order valence-corrected chi connectivity index (χ0v) is 8.70. The first-order valence-electron chi connectivity index (χ1n) is 5.03. The minimum atomic E-state index is -0.208. The summed E-state index contributed by atoms with van der Waals surface area (Å²) in [6, 6.07) is 6.56. The molecule has 16 heavy (non-hydrogen) atoms. The molecule has 5 heteroatoms. The van der Waals surface area contributed by atoms with Gasteiger partial charge in [0.2, 0.25) is 0 Å². The van der Waals surface area contributed by atoms with Crippen LogP contribution in [0.2, 0.25) is 0 Å². The minimum Gasteiger partial charge on any atom is -0.382 e. The molecule has 1 aromatic carbocycles. The van der Waals surface area contributed by atoms with E-state index in [0.717, 1.165) is 17.7 Å². The molecule has 0 saturated carbocycles. The minimum absolute atomic E-state index is 0.208. The number of rotatable bonds is 4. The van der Waals surface area contributed by atoms with Crippen molar-refractivity contribution in [2.75, 3.05) is 17.6 Å². The molecule has 0 radical (unpaired) electrons. The van der Waals surface area contributed by atoms with E-state index in [0.29, 0.717) is 12.4 Å². The molecule has 0 amide bonds. The third-order valence-electron chi connectivity index (χ3n) is 2.29. The first-order chi connectivity index (χ1) is 7.75. The van der Waals surface area contributed by atoms with Crippen LogP contribution >= 0.6 is 0 Å². The van der Waals surface area contributed by atoms with Crippen molar-refractivity contribution in [3.05, 3.63) is 41.8 Å². The lowest BCUT2D eigenvalue weighted by Crippen LogP contribution is -2.05. The zero-order valence-electron chi connectivity index (χ0n) is 8.70. The smallest absolute Gasteiger partial charge is 0.142 e. The van der Waals surface area contributed by atoms with E-state index in [4.69, 9.17) is 5.73 Å². The molecule has 2 rings (SSSR count). The van der Waals surface area contributed by atoms with Crippen LogP contribution in [0, 0.1) is 5.82 Å². The Kier molecular flexibility index (Phi) is 3.05. The molecular formula is C11H13FN4. The monoisotopic (exact) mass is 220 g/mol. The quantitative estimate of drug-likeness (QED) is 0.735. The Morgan fingerprint density at radius 1 is 1.44 bits per heavy atom. The number of aromatic nitrogens is 2. The van der Waals surface area contributed by atoms with Crippen molar-refractivity contribution >= 4 is 11.5 Å². The number of hydrogen-bond acceptors (Lipinski definition) is 3. The van der Waals surface area contributed by atoms with Crippen LogP contribution < -0.4 is 11.1 Å². The van der Waals surface area contributed by atoms with Gasteiger partial charge in [0.15, 0.2) is 0 Å². The van der Waals surface area contributed by atoms with Gasteiger partial charge in [-0.2, -0.15) is 5.10 Å². The number of anilines is 2. The van der Waals surface area contributed by atoms with Gasteiger partial charge in [-0.1, -0.05) is 12.1 Å². The van der Waals surface area contributed by atoms with Gasteiger partial charge in [0.05, 0.1) is 11.9 Å². The Bertz CT molecular complexity index is 467. The third kappa shape index (κ3) is 2.50. The van der Waals surface area contributed by atoms with Crippen molar-refractivity contribution < 1.29 is 4.39 Å². The van der Waals surface area contributed by atoms with Gasteiger partial charge in [-0.3, -0.25) is 5.10 Å². The van der Waals surface area contributed by atoms with E-state index in [9.17, 15) is 4.39 Å². The molecular weight excluding hydrogens is 207 g/mol. The average Bonchev–Trinajstić information content (AvgIpc) is 2.65. The Balaban J connectivity index is 1.87. The zero-order chi connectivity index (χ0) is 11.4. The summed E-state index contributed by atoms with van der Waals surface area (Å²) < 4.78 is 12.9. The molecule has 4 N–H and O–H groups in total. The maximum absolute atomic E-state index is 12.9. The molecule has 0 aliphatic carbocycles. The van der Waals surface area contributed by atoms with Crippen LogP contribution in [0.3, 0.4) is 0 Å². The summed E-state index contributed by atoms with van der Waals surface area (Å²) in [5.41, 5.74) is 7.33. The largest absolute Gasteiger partial charge is 0.382 e. The summed E-state index contributed by atoms with van der Waals surface area (Å²) in [7, 11) is 0. The molecule has 2 aromatic rings. The van der Waals surface area contributed by atoms with Crippen molar-refractivity contribution in [3.8, 4) is 0 Å². The predicted molar refractivity (Wildman–Crippen MR) is 61.6 cm³/mol. The van der Waals surface area contributed by atoms with Crippen molar-refractivity contribution in [1.29, 1.82) is 0 Å². The molecule has 1 aromatic heterocycles. The Morgan fingerprint density at radius 2 is 2.31 bits per heavy atom. The molecule has 4 nitrogen and oxygen atoms in total. The van der Waals surface area contributed by atoms with Crippen LogP contribution in [0.4, 0.5) is 15.9 Å². The molecule has 84 valence electrons. The van der Waals surface area contributed by atoms with E-state index in [-0.39, 0.29) is 5.82 Å². The fourth-order valence-electron chi connectivity index (χ4n) is 1.47. The van der Waals surface area contributed by atoms with Crippen molar-refractivity contribution in [1.82, 2.24) is 10.2 Å². The van der Waals surface area contributed by atoms with Crippen LogP contribution in [-0.2, 0) is 6.42 Å². The number of hydrogen-bond donors (Lipinski definition) is 3. The molecule has 0 bridgehead atoms. The normalized spacial score (nSPS) is 10.3. The Hall–Kier alpha value is -2.04. The number of benzene rings is 1. The van der Waals surface area contributed by atoms with Crippen LogP contribution in [0.5, 0.6) is 0 Å². The van der Waals surface area contributed by atoms with Gasteiger partial charge in [0, 0.05) is 6.54 Å². The molecule has 0 aliphatic heterocycles. The van der Waals surface area contributed by atoms with E-state index in [2.05, 4.69) is 15.5 Å². The Morgan fingerprint density at radius 3 is 3.00 bits per heavy atom. The maximum atomic E-state index is 12.9. The van der Waals surface area contributed by atoms with E-state index in [1.54, 1.807) is 12.3 Å². The first kappa shape index (κ1) is 10.5. The summed E-state index contributed by atoms with van der Waals surface area (Å²) in [4.78, 5) is 0. The number of halogens is 1. The van der Waals surface area contributed by atoms with Gasteiger partial charge in [-0.05, 0) is 24.1 Å². The van der Waals surface area contributed by atoms with E-state index < -0.39 is 0 Å². The van der Waals surface area contributed by atoms with Crippen LogP contribution in [0.25, 0.3) is 0 Å². The second kappa shape index (κ2) is 4.65. The molecule has 0 aliphatic rings. The number of nitrogens with one attached hydrogen (secondary N) is 2. The predicted octanol–water partition coefficient (Wildman–Crippen LogP) is 1.79. The summed E-state index contributed by atoms with van der Waals surface area (Å²) in [6.07, 6.45) is 2.36. The summed E-state index contributed by atoms with van der Waals surface area (Å²) >= 11 is 0. The number of aromatic amines is 1. The molecule has 0 unspecified atom stereocenters. The van der Waals surface area contributed by atoms with Gasteiger partial charge >= 0.3 is 0 Å². The van der Waals surface area contributed by atoms with Gasteiger partial charge in [-0.15, -0.1) is 0 Å². The average molecular weight is 220 g/mol. The SMILES string of the molecule is Nc1[nH]ncc1NCCc1cccc(F)c1. The standard InChI is InChI=1S/C11H13FN4/c12-9-3-1-2-8(6-9)4-5-14-10-7-15-16-11(10)13/h1-3,6-7,14H,4-5H2,(H3,13,15,16). The van der Waals surface area contributed by atoms with E-state index >= 15 is 0 Å². The lowest BCUT2D eigenvalue weighted by atomic mass is 10.1. The van der Waals surface area contributed by atoms with Gasteiger partial charge in [0.1, 0.15) is 11.6 Å². The first-order valence-corrected chi connectivity index (χ1v) is 5.03. The fraction of sp³-hybridized carbons (Fsp3) is 0.182. The number of nitrogens with zero attached hydrogens (tertiary/aromatic N) is 1. The second-order valence-electron chi connectivity index (χ2n) is 3.50. The number of nitrogens with two attached hydrogens (primary N) is 1. The second-order valence-corrected chi connectivity index (χ2v) is 3.50. The van der Waals surface area contributed by atoms with Crippen molar-refractivity contribution in [3.63, 3.8) is 0 Å². The van der Waals surface area contributed by atoms with Crippen molar-refractivity contribution in [2.45, 2.75) is 6.42 Å². The highest BCUT2D eigenvalue weighted by molar-refractivity contribution is 5.59. The lowest BCUT2D eigenvalue weighted by molar-refractivity contribution is 0.625. The molecule has 0 saturated heterocycles. The Labute approximate surface area is 92.7 Å². The lowest BCUT2D eigenvalue weighted by Gasteiger charge is -2.04. The third-order valence-corrected chi connectivity index (χ3v) is 2.29. The maximum Gasteiger partial charge on any atom is 0.142 e. The molecule has 0 atom stereocenters. The van der Waals surface area contributed by atoms with Crippen LogP contribution in [0.1, 0.15) is 5.56 Å². The van der Waals surface area contributed by atoms with Crippen LogP contribution in [-0.4, -0.2) is 16.7 Å². The highest BCUT2D eigenvalue weighted by atomic mass is 19.1. The fourth-order valence-corrected chi connectivity index (χ4v) is 1.47. The van der Waals surface area contributed by atoms with Gasteiger partial charge < -0.3 is 11.1 Å². The molecule has 1 heterocycles. The number of H-pyrrole nitrogens is 1.